The number of aromatic nitrogens is 4. The van der Waals surface area contributed by atoms with Gasteiger partial charge in [0.25, 0.3) is 0 Å². The first-order chi connectivity index (χ1) is 14.6. The summed E-state index contributed by atoms with van der Waals surface area (Å²) in [5.41, 5.74) is 4.38. The van der Waals surface area contributed by atoms with Gasteiger partial charge in [0.2, 0.25) is 0 Å². The number of rotatable bonds is 4. The van der Waals surface area contributed by atoms with E-state index in [1.165, 1.54) is 0 Å². The van der Waals surface area contributed by atoms with Crippen molar-refractivity contribution in [1.29, 1.82) is 0 Å². The van der Waals surface area contributed by atoms with Gasteiger partial charge < -0.3 is 10.3 Å². The number of piperidine rings is 1. The Hall–Kier alpha value is -2.67. The number of nitrogens with one attached hydrogen (secondary N) is 3. The number of ketones is 1. The number of H-pyrrole nitrogens is 2. The quantitative estimate of drug-likeness (QED) is 0.392. The van der Waals surface area contributed by atoms with Crippen molar-refractivity contribution < 1.29 is 4.79 Å². The molecular weight excluding hydrogens is 421 g/mol. The van der Waals surface area contributed by atoms with Crippen LogP contribution < -0.4 is 5.32 Å². The average molecular weight is 440 g/mol. The summed E-state index contributed by atoms with van der Waals surface area (Å²) in [5, 5.41) is 12.6. The van der Waals surface area contributed by atoms with Crippen molar-refractivity contribution >= 4 is 40.0 Å². The lowest BCUT2D eigenvalue weighted by atomic mass is 9.94. The molecular formula is C22H19Cl2N5O. The maximum atomic E-state index is 13.1. The molecule has 0 amide bonds. The van der Waals surface area contributed by atoms with Gasteiger partial charge in [-0.3, -0.25) is 9.89 Å². The van der Waals surface area contributed by atoms with Gasteiger partial charge in [-0.05, 0) is 56.3 Å². The smallest absolute Gasteiger partial charge is 0.196 e. The molecule has 0 atom stereocenters. The van der Waals surface area contributed by atoms with Crippen LogP contribution >= 0.6 is 23.2 Å². The van der Waals surface area contributed by atoms with Crippen molar-refractivity contribution in [3.63, 3.8) is 0 Å². The van der Waals surface area contributed by atoms with E-state index in [0.29, 0.717) is 32.7 Å². The van der Waals surface area contributed by atoms with Crippen molar-refractivity contribution in [1.82, 2.24) is 25.5 Å². The Morgan fingerprint density at radius 3 is 2.70 bits per heavy atom. The van der Waals surface area contributed by atoms with Crippen LogP contribution in [0.4, 0.5) is 0 Å². The number of halogens is 2. The topological polar surface area (TPSA) is 86.5 Å². The maximum absolute atomic E-state index is 13.1. The van der Waals surface area contributed by atoms with Crippen LogP contribution in [0.25, 0.3) is 22.3 Å². The van der Waals surface area contributed by atoms with Crippen LogP contribution in [0.2, 0.25) is 10.0 Å². The summed E-state index contributed by atoms with van der Waals surface area (Å²) in [7, 11) is 0. The van der Waals surface area contributed by atoms with Crippen molar-refractivity contribution in [3.8, 4) is 11.3 Å². The van der Waals surface area contributed by atoms with Gasteiger partial charge in [0, 0.05) is 51.1 Å². The summed E-state index contributed by atoms with van der Waals surface area (Å²) in [5.74, 6) is 0.305. The molecule has 0 saturated carbocycles. The molecule has 0 bridgehead atoms. The highest BCUT2D eigenvalue weighted by atomic mass is 35.5. The molecule has 1 saturated heterocycles. The number of fused-ring (bicyclic) bond motifs is 1. The summed E-state index contributed by atoms with van der Waals surface area (Å²) in [6.07, 6.45) is 5.62. The number of aromatic amines is 2. The SMILES string of the molecule is O=C(c1ccc(Cl)cc1Cl)c1c[nH]c2ncc(-c3cc(C4CCNCC4)[nH]n3)cc12. The van der Waals surface area contributed by atoms with Crippen LogP contribution in [0.1, 0.15) is 40.4 Å². The molecule has 0 unspecified atom stereocenters. The van der Waals surface area contributed by atoms with E-state index in [4.69, 9.17) is 23.2 Å². The molecule has 6 nitrogen and oxygen atoms in total. The lowest BCUT2D eigenvalue weighted by molar-refractivity contribution is 0.104. The Balaban J connectivity index is 1.50. The van der Waals surface area contributed by atoms with E-state index >= 15 is 0 Å². The first kappa shape index (κ1) is 19.3. The summed E-state index contributed by atoms with van der Waals surface area (Å²) in [4.78, 5) is 20.7. The molecule has 1 aliphatic rings. The second-order valence-electron chi connectivity index (χ2n) is 7.51. The molecule has 3 N–H and O–H groups in total. The van der Waals surface area contributed by atoms with E-state index in [2.05, 4.69) is 31.5 Å². The highest BCUT2D eigenvalue weighted by Gasteiger charge is 2.20. The predicted molar refractivity (Wildman–Crippen MR) is 118 cm³/mol. The van der Waals surface area contributed by atoms with Crippen LogP contribution in [0, 0.1) is 0 Å². The fourth-order valence-electron chi connectivity index (χ4n) is 3.98. The number of carbonyl (C=O) groups excluding carboxylic acids is 1. The van der Waals surface area contributed by atoms with Gasteiger partial charge in [-0.1, -0.05) is 23.2 Å². The number of carbonyl (C=O) groups is 1. The summed E-state index contributed by atoms with van der Waals surface area (Å²) in [6, 6.07) is 8.90. The molecule has 30 heavy (non-hydrogen) atoms. The van der Waals surface area contributed by atoms with Crippen LogP contribution in [0.15, 0.2) is 42.7 Å². The van der Waals surface area contributed by atoms with Gasteiger partial charge in [-0.15, -0.1) is 0 Å². The molecule has 1 aliphatic heterocycles. The van der Waals surface area contributed by atoms with Gasteiger partial charge in [0.05, 0.1) is 10.7 Å². The Kier molecular flexibility index (Phi) is 5.06. The van der Waals surface area contributed by atoms with E-state index in [0.717, 1.165) is 48.3 Å². The molecule has 0 radical (unpaired) electrons. The summed E-state index contributed by atoms with van der Waals surface area (Å²) < 4.78 is 0. The van der Waals surface area contributed by atoms with Crippen molar-refractivity contribution in [2.75, 3.05) is 13.1 Å². The van der Waals surface area contributed by atoms with Gasteiger partial charge in [0.15, 0.2) is 5.78 Å². The molecule has 8 heteroatoms. The van der Waals surface area contributed by atoms with Crippen molar-refractivity contribution in [3.05, 3.63) is 69.6 Å². The van der Waals surface area contributed by atoms with E-state index < -0.39 is 0 Å². The van der Waals surface area contributed by atoms with Crippen LogP contribution in [-0.4, -0.2) is 39.0 Å². The number of nitrogens with zero attached hydrogens (tertiary/aromatic N) is 2. The van der Waals surface area contributed by atoms with Gasteiger partial charge in [0.1, 0.15) is 5.65 Å². The summed E-state index contributed by atoms with van der Waals surface area (Å²) >= 11 is 12.2. The second kappa shape index (κ2) is 7.87. The fourth-order valence-corrected chi connectivity index (χ4v) is 4.47. The van der Waals surface area contributed by atoms with E-state index in [-0.39, 0.29) is 5.78 Å². The average Bonchev–Trinajstić information content (AvgIpc) is 3.41. The zero-order valence-electron chi connectivity index (χ0n) is 16.0. The fraction of sp³-hybridized carbons (Fsp3) is 0.227. The number of hydrogen-bond acceptors (Lipinski definition) is 4. The third-order valence-corrected chi connectivity index (χ3v) is 6.17. The van der Waals surface area contributed by atoms with Crippen LogP contribution in [0.3, 0.4) is 0 Å². The van der Waals surface area contributed by atoms with Crippen LogP contribution in [0.5, 0.6) is 0 Å². The van der Waals surface area contributed by atoms with Gasteiger partial charge in [-0.2, -0.15) is 5.10 Å². The van der Waals surface area contributed by atoms with E-state index in [1.54, 1.807) is 30.6 Å². The Morgan fingerprint density at radius 1 is 1.07 bits per heavy atom. The third kappa shape index (κ3) is 3.51. The minimum atomic E-state index is -0.181. The second-order valence-corrected chi connectivity index (χ2v) is 8.35. The number of pyridine rings is 1. The Bertz CT molecular complexity index is 1240. The monoisotopic (exact) mass is 439 g/mol. The molecule has 1 aromatic carbocycles. The summed E-state index contributed by atoms with van der Waals surface area (Å²) in [6.45, 7) is 2.04. The first-order valence-corrected chi connectivity index (χ1v) is 10.6. The highest BCUT2D eigenvalue weighted by molar-refractivity contribution is 6.38. The van der Waals surface area contributed by atoms with E-state index in [1.807, 2.05) is 6.07 Å². The number of benzene rings is 1. The third-order valence-electron chi connectivity index (χ3n) is 5.62. The molecule has 5 rings (SSSR count). The molecule has 0 aliphatic carbocycles. The molecule has 0 spiro atoms. The Morgan fingerprint density at radius 2 is 1.90 bits per heavy atom. The standard InChI is InChI=1S/C22H19Cl2N5O/c23-14-1-2-15(18(24)8-14)21(30)17-11-27-22-16(17)7-13(10-26-22)20-9-19(28-29-20)12-3-5-25-6-4-12/h1-2,7-12,25H,3-6H2,(H,26,27)(H,28,29). The van der Waals surface area contributed by atoms with Gasteiger partial charge >= 0.3 is 0 Å². The molecule has 1 fully saturated rings. The molecule has 4 heterocycles. The van der Waals surface area contributed by atoms with Gasteiger partial charge in [-0.25, -0.2) is 4.98 Å². The van der Waals surface area contributed by atoms with Crippen molar-refractivity contribution in [2.45, 2.75) is 18.8 Å². The highest BCUT2D eigenvalue weighted by Crippen LogP contribution is 2.30. The largest absolute Gasteiger partial charge is 0.345 e. The minimum absolute atomic E-state index is 0.181. The lowest BCUT2D eigenvalue weighted by Gasteiger charge is -2.20. The lowest BCUT2D eigenvalue weighted by Crippen LogP contribution is -2.26. The zero-order chi connectivity index (χ0) is 20.7. The Labute approximate surface area is 183 Å². The molecule has 4 aromatic rings. The predicted octanol–water partition coefficient (Wildman–Crippen LogP) is 4.96. The minimum Gasteiger partial charge on any atom is -0.345 e. The number of hydrogen-bond donors (Lipinski definition) is 3. The normalized spacial score (nSPS) is 15.0. The zero-order valence-corrected chi connectivity index (χ0v) is 17.5. The van der Waals surface area contributed by atoms with E-state index in [9.17, 15) is 4.79 Å². The van der Waals surface area contributed by atoms with Crippen LogP contribution in [-0.2, 0) is 0 Å². The van der Waals surface area contributed by atoms with Crippen molar-refractivity contribution in [2.24, 2.45) is 0 Å². The maximum Gasteiger partial charge on any atom is 0.196 e. The first-order valence-electron chi connectivity index (χ1n) is 9.83. The molecule has 3 aromatic heterocycles. The molecule has 152 valence electrons.